The summed E-state index contributed by atoms with van der Waals surface area (Å²) in [4.78, 5) is 0. The Balaban J connectivity index is 1.95. The lowest BCUT2D eigenvalue weighted by Crippen LogP contribution is -2.35. The van der Waals surface area contributed by atoms with Crippen molar-refractivity contribution in [3.63, 3.8) is 0 Å². The summed E-state index contributed by atoms with van der Waals surface area (Å²) in [5, 5.41) is 0. The Hall–Kier alpha value is -0.0800. The van der Waals surface area contributed by atoms with Gasteiger partial charge in [0.2, 0.25) is 0 Å². The van der Waals surface area contributed by atoms with E-state index in [-0.39, 0.29) is 5.79 Å². The first-order valence-corrected chi connectivity index (χ1v) is 5.02. The molecule has 2 fully saturated rings. The van der Waals surface area contributed by atoms with Gasteiger partial charge in [0.1, 0.15) is 0 Å². The van der Waals surface area contributed by atoms with Crippen LogP contribution in [0.2, 0.25) is 0 Å². The highest BCUT2D eigenvalue weighted by molar-refractivity contribution is 4.82. The summed E-state index contributed by atoms with van der Waals surface area (Å²) in [6.45, 7) is 5.19. The van der Waals surface area contributed by atoms with E-state index in [1.165, 1.54) is 12.8 Å². The van der Waals surface area contributed by atoms with Crippen LogP contribution in [0.3, 0.4) is 0 Å². The zero-order chi connectivity index (χ0) is 8.60. The molecule has 1 saturated carbocycles. The smallest absolute Gasteiger partial charge is 0.168 e. The van der Waals surface area contributed by atoms with Crippen LogP contribution in [0.15, 0.2) is 0 Å². The molecule has 2 rings (SSSR count). The van der Waals surface area contributed by atoms with E-state index in [0.29, 0.717) is 6.10 Å². The topological polar surface area (TPSA) is 18.5 Å². The van der Waals surface area contributed by atoms with E-state index in [9.17, 15) is 0 Å². The molecule has 1 saturated heterocycles. The third-order valence-corrected chi connectivity index (χ3v) is 3.03. The van der Waals surface area contributed by atoms with Gasteiger partial charge >= 0.3 is 0 Å². The first kappa shape index (κ1) is 8.52. The third kappa shape index (κ3) is 1.50. The summed E-state index contributed by atoms with van der Waals surface area (Å²) in [7, 11) is 0. The molecular formula is C10H18O2. The number of rotatable bonds is 0. The second kappa shape index (κ2) is 3.00. The quantitative estimate of drug-likeness (QED) is 0.555. The van der Waals surface area contributed by atoms with E-state index in [0.717, 1.165) is 25.4 Å². The Bertz CT molecular complexity index is 159. The molecule has 1 heterocycles. The molecule has 12 heavy (non-hydrogen) atoms. The molecular weight excluding hydrogens is 152 g/mol. The highest BCUT2D eigenvalue weighted by Gasteiger charge is 2.41. The minimum atomic E-state index is -0.175. The minimum Gasteiger partial charge on any atom is -0.347 e. The third-order valence-electron chi connectivity index (χ3n) is 3.03. The molecule has 1 unspecified atom stereocenters. The van der Waals surface area contributed by atoms with Gasteiger partial charge in [0.05, 0.1) is 12.7 Å². The monoisotopic (exact) mass is 170 g/mol. The summed E-state index contributed by atoms with van der Waals surface area (Å²) < 4.78 is 11.5. The Morgan fingerprint density at radius 3 is 2.33 bits per heavy atom. The maximum atomic E-state index is 5.82. The normalized spacial score (nSPS) is 48.5. The molecule has 0 aromatic rings. The molecule has 1 spiro atoms. The second-order valence-electron chi connectivity index (χ2n) is 4.33. The van der Waals surface area contributed by atoms with Gasteiger partial charge in [-0.25, -0.2) is 0 Å². The van der Waals surface area contributed by atoms with Crippen LogP contribution in [0, 0.1) is 5.92 Å². The lowest BCUT2D eigenvalue weighted by Gasteiger charge is -2.34. The van der Waals surface area contributed by atoms with Crippen molar-refractivity contribution in [1.82, 2.24) is 0 Å². The van der Waals surface area contributed by atoms with E-state index in [1.54, 1.807) is 0 Å². The van der Waals surface area contributed by atoms with Gasteiger partial charge in [-0.3, -0.25) is 0 Å². The van der Waals surface area contributed by atoms with Gasteiger partial charge in [0, 0.05) is 12.8 Å². The molecule has 0 radical (unpaired) electrons. The Labute approximate surface area is 74.2 Å². The van der Waals surface area contributed by atoms with E-state index in [4.69, 9.17) is 9.47 Å². The van der Waals surface area contributed by atoms with Gasteiger partial charge in [-0.15, -0.1) is 0 Å². The van der Waals surface area contributed by atoms with Gasteiger partial charge in [-0.1, -0.05) is 6.92 Å². The number of hydrogen-bond donors (Lipinski definition) is 0. The maximum Gasteiger partial charge on any atom is 0.168 e. The average molecular weight is 170 g/mol. The highest BCUT2D eigenvalue weighted by atomic mass is 16.7. The lowest BCUT2D eigenvalue weighted by molar-refractivity contribution is -0.190. The van der Waals surface area contributed by atoms with Crippen molar-refractivity contribution in [2.24, 2.45) is 5.92 Å². The fraction of sp³-hybridized carbons (Fsp3) is 1.00. The van der Waals surface area contributed by atoms with Crippen molar-refractivity contribution in [1.29, 1.82) is 0 Å². The molecule has 1 aliphatic heterocycles. The molecule has 2 aliphatic rings. The molecule has 2 nitrogen and oxygen atoms in total. The van der Waals surface area contributed by atoms with Crippen LogP contribution >= 0.6 is 0 Å². The summed E-state index contributed by atoms with van der Waals surface area (Å²) in [6.07, 6.45) is 5.01. The minimum absolute atomic E-state index is 0.175. The Kier molecular flexibility index (Phi) is 2.13. The van der Waals surface area contributed by atoms with Crippen molar-refractivity contribution >= 4 is 0 Å². The first-order valence-electron chi connectivity index (χ1n) is 5.02. The molecule has 0 aromatic carbocycles. The van der Waals surface area contributed by atoms with Crippen molar-refractivity contribution in [3.8, 4) is 0 Å². The fourth-order valence-corrected chi connectivity index (χ4v) is 2.17. The van der Waals surface area contributed by atoms with Crippen molar-refractivity contribution < 1.29 is 9.47 Å². The zero-order valence-electron chi connectivity index (χ0n) is 8.01. The fourth-order valence-electron chi connectivity index (χ4n) is 2.17. The van der Waals surface area contributed by atoms with E-state index in [2.05, 4.69) is 13.8 Å². The molecule has 2 heteroatoms. The SMILES string of the molecule is CC1CCC2(CC1)OCC(C)O2. The van der Waals surface area contributed by atoms with E-state index >= 15 is 0 Å². The van der Waals surface area contributed by atoms with Crippen LogP contribution in [0.4, 0.5) is 0 Å². The number of ether oxygens (including phenoxy) is 2. The standard InChI is InChI=1S/C10H18O2/c1-8-3-5-10(6-4-8)11-7-9(2)12-10/h8-9H,3-7H2,1-2H3. The van der Waals surface area contributed by atoms with Crippen LogP contribution in [-0.4, -0.2) is 18.5 Å². The zero-order valence-corrected chi connectivity index (χ0v) is 8.01. The average Bonchev–Trinajstić information content (AvgIpc) is 2.40. The molecule has 0 amide bonds. The molecule has 1 aliphatic carbocycles. The van der Waals surface area contributed by atoms with Crippen molar-refractivity contribution in [2.75, 3.05) is 6.61 Å². The summed E-state index contributed by atoms with van der Waals surface area (Å²) >= 11 is 0. The van der Waals surface area contributed by atoms with Gasteiger partial charge in [0.25, 0.3) is 0 Å². The van der Waals surface area contributed by atoms with Crippen LogP contribution in [0.25, 0.3) is 0 Å². The van der Waals surface area contributed by atoms with Gasteiger partial charge in [-0.05, 0) is 25.7 Å². The highest BCUT2D eigenvalue weighted by Crippen LogP contribution is 2.39. The maximum absolute atomic E-state index is 5.82. The largest absolute Gasteiger partial charge is 0.347 e. The van der Waals surface area contributed by atoms with Crippen molar-refractivity contribution in [2.45, 2.75) is 51.4 Å². The van der Waals surface area contributed by atoms with Gasteiger partial charge in [-0.2, -0.15) is 0 Å². The van der Waals surface area contributed by atoms with E-state index < -0.39 is 0 Å². The summed E-state index contributed by atoms with van der Waals surface area (Å²) in [5.74, 6) is 0.685. The predicted octanol–water partition coefficient (Wildman–Crippen LogP) is 2.33. The lowest BCUT2D eigenvalue weighted by atomic mass is 9.86. The van der Waals surface area contributed by atoms with Crippen LogP contribution < -0.4 is 0 Å². The van der Waals surface area contributed by atoms with E-state index in [1.807, 2.05) is 0 Å². The van der Waals surface area contributed by atoms with Gasteiger partial charge < -0.3 is 9.47 Å². The molecule has 0 aromatic heterocycles. The molecule has 0 N–H and O–H groups in total. The van der Waals surface area contributed by atoms with Gasteiger partial charge in [0.15, 0.2) is 5.79 Å². The van der Waals surface area contributed by atoms with Crippen molar-refractivity contribution in [3.05, 3.63) is 0 Å². The van der Waals surface area contributed by atoms with Crippen LogP contribution in [-0.2, 0) is 9.47 Å². The van der Waals surface area contributed by atoms with Crippen LogP contribution in [0.5, 0.6) is 0 Å². The van der Waals surface area contributed by atoms with Crippen LogP contribution in [0.1, 0.15) is 39.5 Å². The Morgan fingerprint density at radius 1 is 1.17 bits per heavy atom. The summed E-state index contributed by atoms with van der Waals surface area (Å²) in [5.41, 5.74) is 0. The predicted molar refractivity (Wildman–Crippen MR) is 46.9 cm³/mol. The first-order chi connectivity index (χ1) is 5.70. The molecule has 0 bridgehead atoms. The number of hydrogen-bond acceptors (Lipinski definition) is 2. The Morgan fingerprint density at radius 2 is 1.83 bits per heavy atom. The molecule has 1 atom stereocenters. The second-order valence-corrected chi connectivity index (χ2v) is 4.33. The molecule has 70 valence electrons. The summed E-state index contributed by atoms with van der Waals surface area (Å²) in [6, 6.07) is 0.